The number of amides is 1. The fourth-order valence-electron chi connectivity index (χ4n) is 2.58. The lowest BCUT2D eigenvalue weighted by molar-refractivity contribution is -0.113. The van der Waals surface area contributed by atoms with Gasteiger partial charge in [0.15, 0.2) is 5.82 Å². The van der Waals surface area contributed by atoms with E-state index in [9.17, 15) is 9.59 Å². The fraction of sp³-hybridized carbons (Fsp3) is 0.0588. The maximum absolute atomic E-state index is 12.2. The number of carbonyl (C=O) groups is 2. The average Bonchev–Trinajstić information content (AvgIpc) is 3.13. The molecule has 0 saturated carbocycles. The van der Waals surface area contributed by atoms with Gasteiger partial charge in [-0.3, -0.25) is 14.7 Å². The third-order valence-electron chi connectivity index (χ3n) is 3.79. The van der Waals surface area contributed by atoms with Crippen molar-refractivity contribution < 1.29 is 9.59 Å². The molecule has 23 heavy (non-hydrogen) atoms. The summed E-state index contributed by atoms with van der Waals surface area (Å²) in [7, 11) is 0. The molecule has 0 atom stereocenters. The number of hydrogen-bond donors (Lipinski definition) is 1. The van der Waals surface area contributed by atoms with Crippen LogP contribution in [0.1, 0.15) is 15.9 Å². The van der Waals surface area contributed by atoms with Crippen molar-refractivity contribution in [3.05, 3.63) is 59.7 Å². The number of benzene rings is 2. The van der Waals surface area contributed by atoms with Crippen LogP contribution in [-0.2, 0) is 4.79 Å². The molecule has 1 aliphatic rings. The first kappa shape index (κ1) is 13.4. The molecule has 1 N–H and O–H groups in total. The maximum atomic E-state index is 12.2. The highest BCUT2D eigenvalue weighted by Gasteiger charge is 2.38. The van der Waals surface area contributed by atoms with Crippen molar-refractivity contribution in [1.29, 1.82) is 0 Å². The number of aromatic amines is 1. The van der Waals surface area contributed by atoms with Gasteiger partial charge in [-0.05, 0) is 19.1 Å². The van der Waals surface area contributed by atoms with Crippen LogP contribution in [0.2, 0.25) is 0 Å². The van der Waals surface area contributed by atoms with Crippen LogP contribution in [-0.4, -0.2) is 26.9 Å². The summed E-state index contributed by atoms with van der Waals surface area (Å²) in [4.78, 5) is 29.9. The second kappa shape index (κ2) is 4.88. The second-order valence-electron chi connectivity index (χ2n) is 5.34. The Bertz CT molecular complexity index is 928. The van der Waals surface area contributed by atoms with Gasteiger partial charge >= 0.3 is 5.91 Å². The lowest BCUT2D eigenvalue weighted by atomic mass is 10.1. The van der Waals surface area contributed by atoms with Crippen LogP contribution in [0.3, 0.4) is 0 Å². The van der Waals surface area contributed by atoms with Gasteiger partial charge in [0.1, 0.15) is 0 Å². The molecule has 6 nitrogen and oxygen atoms in total. The molecular formula is C17H12N4O2. The molecule has 1 amide bonds. The Morgan fingerprint density at radius 1 is 1.00 bits per heavy atom. The number of fused-ring (bicyclic) bond motifs is 1. The Hall–Kier alpha value is -3.28. The Morgan fingerprint density at radius 2 is 1.74 bits per heavy atom. The number of rotatable bonds is 2. The monoisotopic (exact) mass is 304 g/mol. The minimum absolute atomic E-state index is 0.170. The van der Waals surface area contributed by atoms with Crippen LogP contribution >= 0.6 is 0 Å². The minimum atomic E-state index is -0.638. The average molecular weight is 304 g/mol. The Balaban J connectivity index is 1.76. The van der Waals surface area contributed by atoms with E-state index < -0.39 is 11.7 Å². The number of ketones is 1. The molecular weight excluding hydrogens is 292 g/mol. The molecule has 0 fully saturated rings. The molecule has 0 saturated heterocycles. The highest BCUT2D eigenvalue weighted by Crippen LogP contribution is 2.33. The van der Waals surface area contributed by atoms with E-state index in [2.05, 4.69) is 15.2 Å². The van der Waals surface area contributed by atoms with Crippen LogP contribution in [0.5, 0.6) is 0 Å². The quantitative estimate of drug-likeness (QED) is 0.738. The van der Waals surface area contributed by atoms with E-state index in [1.54, 1.807) is 24.3 Å². The molecule has 0 bridgehead atoms. The molecule has 6 heteroatoms. The summed E-state index contributed by atoms with van der Waals surface area (Å²) in [5.74, 6) is -0.462. The summed E-state index contributed by atoms with van der Waals surface area (Å²) in [5.41, 5.74) is 2.89. The van der Waals surface area contributed by atoms with Crippen LogP contribution in [0, 0.1) is 6.92 Å². The van der Waals surface area contributed by atoms with Gasteiger partial charge in [-0.25, -0.2) is 4.90 Å². The number of para-hydroxylation sites is 1. The van der Waals surface area contributed by atoms with Crippen molar-refractivity contribution in [3.8, 4) is 11.4 Å². The number of carbonyl (C=O) groups excluding carboxylic acids is 2. The Kier molecular flexibility index (Phi) is 2.84. The SMILES string of the molecule is Cc1ccc(-c2nc(N3C(=O)C(=O)c4ccccc43)n[nH]2)cc1. The van der Waals surface area contributed by atoms with E-state index in [4.69, 9.17) is 0 Å². The summed E-state index contributed by atoms with van der Waals surface area (Å²) in [5, 5.41) is 6.92. The van der Waals surface area contributed by atoms with Gasteiger partial charge in [-0.1, -0.05) is 42.0 Å². The molecule has 2 heterocycles. The largest absolute Gasteiger partial charge is 0.306 e. The van der Waals surface area contributed by atoms with Crippen LogP contribution in [0.4, 0.5) is 11.6 Å². The molecule has 2 aromatic carbocycles. The number of hydrogen-bond acceptors (Lipinski definition) is 4. The topological polar surface area (TPSA) is 79.0 Å². The molecule has 1 aliphatic heterocycles. The van der Waals surface area contributed by atoms with Crippen LogP contribution in [0.15, 0.2) is 48.5 Å². The first-order valence-electron chi connectivity index (χ1n) is 7.12. The van der Waals surface area contributed by atoms with E-state index >= 15 is 0 Å². The van der Waals surface area contributed by atoms with Gasteiger partial charge in [0.25, 0.3) is 11.7 Å². The van der Waals surface area contributed by atoms with Crippen molar-refractivity contribution in [2.75, 3.05) is 4.90 Å². The first-order valence-corrected chi connectivity index (χ1v) is 7.12. The van der Waals surface area contributed by atoms with Gasteiger partial charge in [-0.2, -0.15) is 4.98 Å². The number of nitrogens with zero attached hydrogens (tertiary/aromatic N) is 3. The van der Waals surface area contributed by atoms with Crippen molar-refractivity contribution in [2.45, 2.75) is 6.92 Å². The van der Waals surface area contributed by atoms with Gasteiger partial charge in [0.05, 0.1) is 11.3 Å². The summed E-state index contributed by atoms with van der Waals surface area (Å²) in [6, 6.07) is 14.6. The molecule has 0 aliphatic carbocycles. The number of aryl methyl sites for hydroxylation is 1. The summed E-state index contributed by atoms with van der Waals surface area (Å²) >= 11 is 0. The van der Waals surface area contributed by atoms with Crippen molar-refractivity contribution in [2.24, 2.45) is 0 Å². The number of anilines is 2. The molecule has 3 aromatic rings. The zero-order chi connectivity index (χ0) is 16.0. The maximum Gasteiger partial charge on any atom is 0.306 e. The Labute approximate surface area is 131 Å². The van der Waals surface area contributed by atoms with Gasteiger partial charge in [-0.15, -0.1) is 5.10 Å². The van der Waals surface area contributed by atoms with E-state index in [1.807, 2.05) is 31.2 Å². The smallest absolute Gasteiger partial charge is 0.283 e. The zero-order valence-electron chi connectivity index (χ0n) is 12.3. The van der Waals surface area contributed by atoms with E-state index in [0.717, 1.165) is 11.1 Å². The molecule has 0 spiro atoms. The van der Waals surface area contributed by atoms with E-state index in [1.165, 1.54) is 4.90 Å². The number of aromatic nitrogens is 3. The predicted molar refractivity (Wildman–Crippen MR) is 84.5 cm³/mol. The van der Waals surface area contributed by atoms with Crippen LogP contribution < -0.4 is 4.90 Å². The minimum Gasteiger partial charge on any atom is -0.283 e. The number of H-pyrrole nitrogens is 1. The summed E-state index contributed by atoms with van der Waals surface area (Å²) in [6.45, 7) is 2.00. The predicted octanol–water partition coefficient (Wildman–Crippen LogP) is 2.64. The Morgan fingerprint density at radius 3 is 2.52 bits per heavy atom. The molecule has 0 unspecified atom stereocenters. The zero-order valence-corrected chi connectivity index (χ0v) is 12.3. The van der Waals surface area contributed by atoms with Gasteiger partial charge in [0, 0.05) is 5.56 Å². The van der Waals surface area contributed by atoms with E-state index in [-0.39, 0.29) is 5.95 Å². The molecule has 1 aromatic heterocycles. The molecule has 112 valence electrons. The highest BCUT2D eigenvalue weighted by atomic mass is 16.2. The number of Topliss-reactive ketones (excluding diaryl/α,β-unsaturated/α-hetero) is 1. The molecule has 0 radical (unpaired) electrons. The molecule has 4 rings (SSSR count). The lowest BCUT2D eigenvalue weighted by Crippen LogP contribution is -2.25. The normalized spacial score (nSPS) is 13.5. The summed E-state index contributed by atoms with van der Waals surface area (Å²) < 4.78 is 0. The summed E-state index contributed by atoms with van der Waals surface area (Å²) in [6.07, 6.45) is 0. The van der Waals surface area contributed by atoms with Gasteiger partial charge in [0.2, 0.25) is 0 Å². The first-order chi connectivity index (χ1) is 11.1. The number of nitrogens with one attached hydrogen (secondary N) is 1. The van der Waals surface area contributed by atoms with Crippen molar-refractivity contribution in [1.82, 2.24) is 15.2 Å². The second-order valence-corrected chi connectivity index (χ2v) is 5.34. The standard InChI is InChI=1S/C17H12N4O2/c1-10-6-8-11(9-7-10)15-18-17(20-19-15)21-13-5-3-2-4-12(13)14(22)16(21)23/h2-9H,1H3,(H,18,19,20). The third kappa shape index (κ3) is 2.03. The highest BCUT2D eigenvalue weighted by molar-refractivity contribution is 6.53. The van der Waals surface area contributed by atoms with Crippen LogP contribution in [0.25, 0.3) is 11.4 Å². The van der Waals surface area contributed by atoms with E-state index in [0.29, 0.717) is 17.1 Å². The lowest BCUT2D eigenvalue weighted by Gasteiger charge is -2.10. The van der Waals surface area contributed by atoms with Crippen molar-refractivity contribution >= 4 is 23.3 Å². The van der Waals surface area contributed by atoms with Gasteiger partial charge < -0.3 is 0 Å². The third-order valence-corrected chi connectivity index (χ3v) is 3.79. The van der Waals surface area contributed by atoms with Crippen molar-refractivity contribution in [3.63, 3.8) is 0 Å². The fourth-order valence-corrected chi connectivity index (χ4v) is 2.58.